The van der Waals surface area contributed by atoms with Gasteiger partial charge in [-0.25, -0.2) is 0 Å². The molecule has 0 saturated heterocycles. The lowest BCUT2D eigenvalue weighted by Gasteiger charge is -2.27. The first kappa shape index (κ1) is 12.9. The summed E-state index contributed by atoms with van der Waals surface area (Å²) >= 11 is 0. The predicted octanol–water partition coefficient (Wildman–Crippen LogP) is 3.69. The van der Waals surface area contributed by atoms with Crippen molar-refractivity contribution in [3.63, 3.8) is 0 Å². The number of hydrogen-bond acceptors (Lipinski definition) is 2. The molecule has 0 aromatic heterocycles. The molecule has 0 aliphatic heterocycles. The van der Waals surface area contributed by atoms with Crippen LogP contribution in [0.4, 0.5) is 5.69 Å². The van der Waals surface area contributed by atoms with Gasteiger partial charge >= 0.3 is 0 Å². The van der Waals surface area contributed by atoms with Crippen LogP contribution in [-0.2, 0) is 0 Å². The summed E-state index contributed by atoms with van der Waals surface area (Å²) in [7, 11) is 0. The second-order valence-corrected chi connectivity index (χ2v) is 5.61. The molecule has 96 valence electrons. The molecule has 0 heterocycles. The van der Waals surface area contributed by atoms with E-state index >= 15 is 0 Å². The summed E-state index contributed by atoms with van der Waals surface area (Å²) in [5.74, 6) is 0. The number of nitrogens with one attached hydrogen (secondary N) is 1. The quantitative estimate of drug-likeness (QED) is 0.858. The van der Waals surface area contributed by atoms with Crippen molar-refractivity contribution in [3.8, 4) is 0 Å². The van der Waals surface area contributed by atoms with Gasteiger partial charge in [-0.1, -0.05) is 29.8 Å². The van der Waals surface area contributed by atoms with Crippen LogP contribution in [0.15, 0.2) is 36.4 Å². The minimum Gasteiger partial charge on any atom is -0.380 e. The third-order valence-electron chi connectivity index (χ3n) is 3.25. The minimum absolute atomic E-state index is 0.0348. The van der Waals surface area contributed by atoms with Gasteiger partial charge in [0.05, 0.1) is 0 Å². The van der Waals surface area contributed by atoms with Crippen LogP contribution in [0, 0.1) is 6.92 Å². The molecular weight excluding hydrogens is 220 g/mol. The van der Waals surface area contributed by atoms with Crippen LogP contribution in [-0.4, -0.2) is 12.1 Å². The van der Waals surface area contributed by atoms with E-state index in [1.807, 2.05) is 0 Å². The highest BCUT2D eigenvalue weighted by Crippen LogP contribution is 2.23. The van der Waals surface area contributed by atoms with Crippen molar-refractivity contribution in [3.05, 3.63) is 42.0 Å². The summed E-state index contributed by atoms with van der Waals surface area (Å²) < 4.78 is 0. The van der Waals surface area contributed by atoms with Crippen LogP contribution < -0.4 is 11.1 Å². The molecule has 18 heavy (non-hydrogen) atoms. The van der Waals surface area contributed by atoms with Crippen molar-refractivity contribution in [2.45, 2.75) is 32.7 Å². The number of nitrogens with two attached hydrogens (primary N) is 1. The summed E-state index contributed by atoms with van der Waals surface area (Å²) in [6.07, 6.45) is 0.957. The van der Waals surface area contributed by atoms with Crippen LogP contribution in [0.3, 0.4) is 0 Å². The van der Waals surface area contributed by atoms with Gasteiger partial charge in [0.2, 0.25) is 0 Å². The zero-order valence-electron chi connectivity index (χ0n) is 11.5. The standard InChI is InChI=1S/C16H22N2/c1-12-4-5-14-11-15(7-6-13(14)10-12)18-16(2,3)8-9-17/h4-7,10-11,18H,8-9,17H2,1-3H3. The van der Waals surface area contributed by atoms with E-state index in [2.05, 4.69) is 62.5 Å². The summed E-state index contributed by atoms with van der Waals surface area (Å²) in [5.41, 5.74) is 8.13. The number of aryl methyl sites for hydroxylation is 1. The lowest BCUT2D eigenvalue weighted by atomic mass is 9.99. The van der Waals surface area contributed by atoms with Gasteiger partial charge in [0.25, 0.3) is 0 Å². The first-order chi connectivity index (χ1) is 8.50. The molecule has 2 nitrogen and oxygen atoms in total. The number of hydrogen-bond donors (Lipinski definition) is 2. The largest absolute Gasteiger partial charge is 0.380 e. The molecule has 0 bridgehead atoms. The van der Waals surface area contributed by atoms with Crippen molar-refractivity contribution in [2.24, 2.45) is 5.73 Å². The molecule has 2 aromatic rings. The Morgan fingerprint density at radius 1 is 1.06 bits per heavy atom. The molecule has 0 fully saturated rings. The van der Waals surface area contributed by atoms with E-state index in [0.29, 0.717) is 6.54 Å². The van der Waals surface area contributed by atoms with Gasteiger partial charge < -0.3 is 11.1 Å². The van der Waals surface area contributed by atoms with E-state index in [4.69, 9.17) is 5.73 Å². The van der Waals surface area contributed by atoms with Crippen LogP contribution in [0.1, 0.15) is 25.8 Å². The molecule has 0 atom stereocenters. The molecule has 3 N–H and O–H groups in total. The maximum Gasteiger partial charge on any atom is 0.0350 e. The van der Waals surface area contributed by atoms with Crippen LogP contribution in [0.2, 0.25) is 0 Å². The maximum atomic E-state index is 5.64. The third kappa shape index (κ3) is 3.02. The molecule has 2 aromatic carbocycles. The molecule has 0 aliphatic carbocycles. The van der Waals surface area contributed by atoms with Gasteiger partial charge in [-0.05, 0) is 56.6 Å². The van der Waals surface area contributed by atoms with E-state index in [9.17, 15) is 0 Å². The molecule has 2 heteroatoms. The summed E-state index contributed by atoms with van der Waals surface area (Å²) in [4.78, 5) is 0. The first-order valence-electron chi connectivity index (χ1n) is 6.49. The second kappa shape index (κ2) is 4.99. The maximum absolute atomic E-state index is 5.64. The highest BCUT2D eigenvalue weighted by molar-refractivity contribution is 5.86. The van der Waals surface area contributed by atoms with Crippen molar-refractivity contribution < 1.29 is 0 Å². The van der Waals surface area contributed by atoms with E-state index in [0.717, 1.165) is 12.1 Å². The van der Waals surface area contributed by atoms with Gasteiger partial charge in [-0.3, -0.25) is 0 Å². The normalized spacial score (nSPS) is 11.8. The Hall–Kier alpha value is -1.54. The molecule has 0 unspecified atom stereocenters. The lowest BCUT2D eigenvalue weighted by molar-refractivity contribution is 0.527. The summed E-state index contributed by atoms with van der Waals surface area (Å²) in [6, 6.07) is 13.0. The molecule has 0 saturated carbocycles. The van der Waals surface area contributed by atoms with Crippen molar-refractivity contribution in [1.82, 2.24) is 0 Å². The second-order valence-electron chi connectivity index (χ2n) is 5.61. The smallest absolute Gasteiger partial charge is 0.0350 e. The Balaban J connectivity index is 2.28. The van der Waals surface area contributed by atoms with Gasteiger partial charge in [-0.15, -0.1) is 0 Å². The zero-order valence-corrected chi connectivity index (χ0v) is 11.5. The summed E-state index contributed by atoms with van der Waals surface area (Å²) in [5, 5.41) is 6.11. The molecule has 0 spiro atoms. The Labute approximate surface area is 109 Å². The topological polar surface area (TPSA) is 38.0 Å². The fourth-order valence-electron chi connectivity index (χ4n) is 2.26. The van der Waals surface area contributed by atoms with E-state index < -0.39 is 0 Å². The lowest BCUT2D eigenvalue weighted by Crippen LogP contribution is -2.33. The van der Waals surface area contributed by atoms with Gasteiger partial charge in [0.15, 0.2) is 0 Å². The van der Waals surface area contributed by atoms with Crippen LogP contribution in [0.25, 0.3) is 10.8 Å². The average molecular weight is 242 g/mol. The third-order valence-corrected chi connectivity index (χ3v) is 3.25. The molecular formula is C16H22N2. The molecule has 2 rings (SSSR count). The fraction of sp³-hybridized carbons (Fsp3) is 0.375. The van der Waals surface area contributed by atoms with Gasteiger partial charge in [0, 0.05) is 11.2 Å². The number of fused-ring (bicyclic) bond motifs is 1. The molecule has 0 amide bonds. The van der Waals surface area contributed by atoms with E-state index in [1.54, 1.807) is 0 Å². The Morgan fingerprint density at radius 2 is 1.72 bits per heavy atom. The van der Waals surface area contributed by atoms with Crippen LogP contribution in [0.5, 0.6) is 0 Å². The van der Waals surface area contributed by atoms with E-state index in [-0.39, 0.29) is 5.54 Å². The van der Waals surface area contributed by atoms with Crippen molar-refractivity contribution in [2.75, 3.05) is 11.9 Å². The highest BCUT2D eigenvalue weighted by atomic mass is 15.0. The molecule has 0 aliphatic rings. The monoisotopic (exact) mass is 242 g/mol. The number of benzene rings is 2. The fourth-order valence-corrected chi connectivity index (χ4v) is 2.26. The Kier molecular flexibility index (Phi) is 3.58. The van der Waals surface area contributed by atoms with E-state index in [1.165, 1.54) is 16.3 Å². The number of anilines is 1. The van der Waals surface area contributed by atoms with Gasteiger partial charge in [-0.2, -0.15) is 0 Å². The highest BCUT2D eigenvalue weighted by Gasteiger charge is 2.15. The SMILES string of the molecule is Cc1ccc2cc(NC(C)(C)CCN)ccc2c1. The van der Waals surface area contributed by atoms with Gasteiger partial charge in [0.1, 0.15) is 0 Å². The average Bonchev–Trinajstić information content (AvgIpc) is 2.28. The Morgan fingerprint density at radius 3 is 2.44 bits per heavy atom. The van der Waals surface area contributed by atoms with Crippen molar-refractivity contribution >= 4 is 16.5 Å². The predicted molar refractivity (Wildman–Crippen MR) is 80.1 cm³/mol. The Bertz CT molecular complexity index is 544. The minimum atomic E-state index is 0.0348. The van der Waals surface area contributed by atoms with Crippen LogP contribution >= 0.6 is 0 Å². The number of rotatable bonds is 4. The summed E-state index contributed by atoms with van der Waals surface area (Å²) in [6.45, 7) is 7.18. The molecule has 0 radical (unpaired) electrons. The van der Waals surface area contributed by atoms with Crippen molar-refractivity contribution in [1.29, 1.82) is 0 Å². The zero-order chi connectivity index (χ0) is 13.2. The first-order valence-corrected chi connectivity index (χ1v) is 6.49.